The van der Waals surface area contributed by atoms with Crippen LogP contribution >= 0.6 is 0 Å². The fourth-order valence-electron chi connectivity index (χ4n) is 2.70. The third-order valence-corrected chi connectivity index (χ3v) is 4.45. The largest absolute Gasteiger partial charge is 0.347 e. The fraction of sp³-hybridized carbons (Fsp3) is 0.714. The molecule has 0 aromatic rings. The minimum Gasteiger partial charge on any atom is -0.347 e. The van der Waals surface area contributed by atoms with E-state index in [0.717, 1.165) is 5.70 Å². The Morgan fingerprint density at radius 3 is 2.00 bits per heavy atom. The van der Waals surface area contributed by atoms with Gasteiger partial charge in [-0.25, -0.2) is 0 Å². The molecule has 2 amide bonds. The van der Waals surface area contributed by atoms with Crippen LogP contribution in [0.5, 0.6) is 0 Å². The van der Waals surface area contributed by atoms with Gasteiger partial charge in [0, 0.05) is 24.0 Å². The van der Waals surface area contributed by atoms with E-state index in [0.29, 0.717) is 12.8 Å². The monoisotopic (exact) mass is 250 g/mol. The van der Waals surface area contributed by atoms with E-state index in [2.05, 4.69) is 24.5 Å². The quantitative estimate of drug-likeness (QED) is 0.744. The lowest BCUT2D eigenvalue weighted by molar-refractivity contribution is -0.120. The molecule has 2 saturated heterocycles. The first-order valence-electron chi connectivity index (χ1n) is 6.40. The summed E-state index contributed by atoms with van der Waals surface area (Å²) in [6.07, 6.45) is 3.05. The van der Waals surface area contributed by atoms with Crippen molar-refractivity contribution in [2.75, 3.05) is 0 Å². The smallest absolute Gasteiger partial charge is 0.225 e. The first-order valence-corrected chi connectivity index (χ1v) is 6.40. The van der Waals surface area contributed by atoms with Gasteiger partial charge in [-0.1, -0.05) is 27.7 Å². The Kier molecular flexibility index (Phi) is 2.62. The number of hydrogen-bond acceptors (Lipinski definition) is 2. The summed E-state index contributed by atoms with van der Waals surface area (Å²) < 4.78 is 0. The number of hydrogen-bond donors (Lipinski definition) is 2. The van der Waals surface area contributed by atoms with Crippen molar-refractivity contribution in [1.29, 1.82) is 0 Å². The van der Waals surface area contributed by atoms with Gasteiger partial charge in [0.2, 0.25) is 11.8 Å². The second kappa shape index (κ2) is 3.59. The van der Waals surface area contributed by atoms with Crippen molar-refractivity contribution in [3.05, 3.63) is 11.8 Å². The Hall–Kier alpha value is -1.32. The van der Waals surface area contributed by atoms with Gasteiger partial charge in [0.1, 0.15) is 0 Å². The van der Waals surface area contributed by atoms with Gasteiger partial charge in [-0.15, -0.1) is 0 Å². The van der Waals surface area contributed by atoms with E-state index >= 15 is 0 Å². The Labute approximate surface area is 108 Å². The van der Waals surface area contributed by atoms with Crippen LogP contribution < -0.4 is 10.6 Å². The van der Waals surface area contributed by atoms with Gasteiger partial charge in [-0.3, -0.25) is 9.59 Å². The van der Waals surface area contributed by atoms with Gasteiger partial charge in [0.05, 0.1) is 5.54 Å². The Morgan fingerprint density at radius 1 is 1.00 bits per heavy atom. The topological polar surface area (TPSA) is 58.2 Å². The van der Waals surface area contributed by atoms with Gasteiger partial charge in [0.25, 0.3) is 0 Å². The molecule has 2 heterocycles. The van der Waals surface area contributed by atoms with E-state index in [-0.39, 0.29) is 22.6 Å². The SMILES string of the molecule is CC1(C)CC(=O)N/C1=C/C1(C)NC(=O)CC1(C)C. The molecule has 2 fully saturated rings. The van der Waals surface area contributed by atoms with Gasteiger partial charge in [-0.05, 0) is 18.4 Å². The average Bonchev–Trinajstić information content (AvgIpc) is 2.46. The Balaban J connectivity index is 2.38. The molecular weight excluding hydrogens is 228 g/mol. The highest BCUT2D eigenvalue weighted by molar-refractivity contribution is 5.84. The lowest BCUT2D eigenvalue weighted by atomic mass is 9.72. The molecular formula is C14H22N2O2. The fourth-order valence-corrected chi connectivity index (χ4v) is 2.70. The normalized spacial score (nSPS) is 35.7. The van der Waals surface area contributed by atoms with Crippen LogP contribution in [-0.2, 0) is 9.59 Å². The third kappa shape index (κ3) is 1.93. The number of allylic oxidation sites excluding steroid dienone is 1. The predicted molar refractivity (Wildman–Crippen MR) is 69.6 cm³/mol. The summed E-state index contributed by atoms with van der Waals surface area (Å²) in [5.74, 6) is 0.124. The van der Waals surface area contributed by atoms with Crippen molar-refractivity contribution in [1.82, 2.24) is 10.6 Å². The van der Waals surface area contributed by atoms with E-state index in [1.807, 2.05) is 26.8 Å². The lowest BCUT2D eigenvalue weighted by Crippen LogP contribution is -2.46. The highest BCUT2D eigenvalue weighted by Crippen LogP contribution is 2.43. The minimum absolute atomic E-state index is 0.0528. The summed E-state index contributed by atoms with van der Waals surface area (Å²) >= 11 is 0. The van der Waals surface area contributed by atoms with Crippen molar-refractivity contribution in [3.63, 3.8) is 0 Å². The summed E-state index contributed by atoms with van der Waals surface area (Å²) in [7, 11) is 0. The molecule has 0 aromatic carbocycles. The molecule has 2 aliphatic heterocycles. The standard InChI is InChI=1S/C14H22N2O2/c1-12(2)7-10(17)15-9(12)6-14(5)13(3,4)8-11(18)16-14/h6H,7-8H2,1-5H3,(H,15,17)(H,16,18)/b9-6+. The van der Waals surface area contributed by atoms with E-state index in [4.69, 9.17) is 0 Å². The highest BCUT2D eigenvalue weighted by Gasteiger charge is 2.49. The average molecular weight is 250 g/mol. The van der Waals surface area contributed by atoms with Crippen LogP contribution in [0.2, 0.25) is 0 Å². The first-order chi connectivity index (χ1) is 8.06. The van der Waals surface area contributed by atoms with E-state index in [9.17, 15) is 9.59 Å². The first kappa shape index (κ1) is 13.1. The third-order valence-electron chi connectivity index (χ3n) is 4.45. The Morgan fingerprint density at radius 2 is 1.61 bits per heavy atom. The maximum Gasteiger partial charge on any atom is 0.225 e. The molecule has 0 spiro atoms. The summed E-state index contributed by atoms with van der Waals surface area (Å²) in [6.45, 7) is 10.3. The van der Waals surface area contributed by atoms with Crippen LogP contribution in [-0.4, -0.2) is 17.4 Å². The van der Waals surface area contributed by atoms with E-state index < -0.39 is 5.54 Å². The molecule has 0 saturated carbocycles. The minimum atomic E-state index is -0.408. The molecule has 2 rings (SSSR count). The summed E-state index contributed by atoms with van der Waals surface area (Å²) in [5.41, 5.74) is 0.184. The molecule has 2 N–H and O–H groups in total. The van der Waals surface area contributed by atoms with E-state index in [1.54, 1.807) is 0 Å². The maximum absolute atomic E-state index is 11.6. The molecule has 2 aliphatic rings. The molecule has 0 aromatic heterocycles. The molecule has 18 heavy (non-hydrogen) atoms. The van der Waals surface area contributed by atoms with Crippen molar-refractivity contribution in [2.24, 2.45) is 10.8 Å². The molecule has 4 heteroatoms. The number of carbonyl (C=O) groups is 2. The number of carbonyl (C=O) groups excluding carboxylic acids is 2. The summed E-state index contributed by atoms with van der Waals surface area (Å²) in [5, 5.41) is 5.95. The van der Waals surface area contributed by atoms with Crippen LogP contribution in [0.4, 0.5) is 0 Å². The molecule has 100 valence electrons. The van der Waals surface area contributed by atoms with Crippen LogP contribution in [0, 0.1) is 10.8 Å². The van der Waals surface area contributed by atoms with Crippen molar-refractivity contribution in [2.45, 2.75) is 53.0 Å². The maximum atomic E-state index is 11.6. The molecule has 1 unspecified atom stereocenters. The van der Waals surface area contributed by atoms with Crippen LogP contribution in [0.15, 0.2) is 11.8 Å². The lowest BCUT2D eigenvalue weighted by Gasteiger charge is -2.36. The van der Waals surface area contributed by atoms with Gasteiger partial charge >= 0.3 is 0 Å². The second-order valence-electron chi connectivity index (χ2n) is 6.98. The molecule has 0 bridgehead atoms. The van der Waals surface area contributed by atoms with Gasteiger partial charge < -0.3 is 10.6 Å². The van der Waals surface area contributed by atoms with Crippen molar-refractivity contribution in [3.8, 4) is 0 Å². The zero-order valence-corrected chi connectivity index (χ0v) is 11.8. The molecule has 0 radical (unpaired) electrons. The van der Waals surface area contributed by atoms with E-state index in [1.165, 1.54) is 0 Å². The van der Waals surface area contributed by atoms with Crippen LogP contribution in [0.1, 0.15) is 47.5 Å². The predicted octanol–water partition coefficient (Wildman–Crippen LogP) is 1.72. The number of rotatable bonds is 1. The molecule has 4 nitrogen and oxygen atoms in total. The second-order valence-corrected chi connectivity index (χ2v) is 6.98. The molecule has 0 aliphatic carbocycles. The number of nitrogens with one attached hydrogen (secondary N) is 2. The van der Waals surface area contributed by atoms with Crippen LogP contribution in [0.25, 0.3) is 0 Å². The van der Waals surface area contributed by atoms with Crippen LogP contribution in [0.3, 0.4) is 0 Å². The van der Waals surface area contributed by atoms with Gasteiger partial charge in [-0.2, -0.15) is 0 Å². The zero-order chi connectivity index (χ0) is 13.8. The highest BCUT2D eigenvalue weighted by atomic mass is 16.2. The Bertz CT molecular complexity index is 449. The summed E-state index contributed by atoms with van der Waals surface area (Å²) in [4.78, 5) is 23.2. The molecule has 1 atom stereocenters. The number of amides is 2. The summed E-state index contributed by atoms with van der Waals surface area (Å²) in [6, 6.07) is 0. The van der Waals surface area contributed by atoms with Crippen molar-refractivity contribution < 1.29 is 9.59 Å². The van der Waals surface area contributed by atoms with Crippen molar-refractivity contribution >= 4 is 11.8 Å². The zero-order valence-electron chi connectivity index (χ0n) is 11.8. The van der Waals surface area contributed by atoms with Gasteiger partial charge in [0.15, 0.2) is 0 Å².